The lowest BCUT2D eigenvalue weighted by Crippen LogP contribution is -2.17. The Morgan fingerprint density at radius 1 is 1.80 bits per heavy atom. The van der Waals surface area contributed by atoms with E-state index < -0.39 is 0 Å². The summed E-state index contributed by atoms with van der Waals surface area (Å²) in [6.45, 7) is 4.53. The average molecular weight is 156 g/mol. The normalized spacial score (nSPS) is 18.0. The van der Waals surface area contributed by atoms with E-state index in [2.05, 4.69) is 12.7 Å². The molecule has 0 radical (unpaired) electrons. The van der Waals surface area contributed by atoms with Gasteiger partial charge >= 0.3 is 0 Å². The van der Waals surface area contributed by atoms with E-state index in [9.17, 15) is 0 Å². The molecule has 1 rings (SSSR count). The number of nitrogens with zero attached hydrogens (tertiary/aromatic N) is 1. The Balaban J connectivity index is 2.78. The molecule has 0 bridgehead atoms. The molecule has 0 aliphatic carbocycles. The third kappa shape index (κ3) is 1.42. The van der Waals surface area contributed by atoms with Crippen molar-refractivity contribution in [2.75, 3.05) is 13.6 Å². The van der Waals surface area contributed by atoms with E-state index in [1.807, 2.05) is 18.0 Å². The van der Waals surface area contributed by atoms with Crippen LogP contribution in [0, 0.1) is 0 Å². The molecule has 1 aliphatic rings. The van der Waals surface area contributed by atoms with Crippen LogP contribution in [0.5, 0.6) is 0 Å². The summed E-state index contributed by atoms with van der Waals surface area (Å²) in [6, 6.07) is 0. The SMILES string of the molecule is C=CC1=CCN(C)C(Cl)=C1. The summed E-state index contributed by atoms with van der Waals surface area (Å²) >= 11 is 5.84. The number of hydrogen-bond donors (Lipinski definition) is 0. The van der Waals surface area contributed by atoms with Gasteiger partial charge in [0.1, 0.15) is 5.16 Å². The summed E-state index contributed by atoms with van der Waals surface area (Å²) in [6.07, 6.45) is 5.78. The quantitative estimate of drug-likeness (QED) is 0.525. The van der Waals surface area contributed by atoms with Gasteiger partial charge in [-0.05, 0) is 11.6 Å². The number of likely N-dealkylation sites (N-methyl/N-ethyl adjacent to an activating group) is 1. The average Bonchev–Trinajstić information content (AvgIpc) is 1.95. The molecule has 0 aromatic carbocycles. The molecule has 1 aliphatic heterocycles. The van der Waals surface area contributed by atoms with Gasteiger partial charge in [0.15, 0.2) is 0 Å². The first-order valence-corrected chi connectivity index (χ1v) is 3.53. The van der Waals surface area contributed by atoms with E-state index in [-0.39, 0.29) is 0 Å². The van der Waals surface area contributed by atoms with Crippen LogP contribution in [0.25, 0.3) is 0 Å². The maximum Gasteiger partial charge on any atom is 0.105 e. The van der Waals surface area contributed by atoms with Gasteiger partial charge < -0.3 is 4.90 Å². The van der Waals surface area contributed by atoms with Crippen LogP contribution in [0.1, 0.15) is 0 Å². The Hall–Kier alpha value is -0.690. The van der Waals surface area contributed by atoms with Crippen LogP contribution in [-0.2, 0) is 0 Å². The van der Waals surface area contributed by atoms with Crippen LogP contribution in [0.15, 0.2) is 35.5 Å². The van der Waals surface area contributed by atoms with Crippen LogP contribution in [0.2, 0.25) is 0 Å². The first-order chi connectivity index (χ1) is 4.74. The van der Waals surface area contributed by atoms with E-state index in [0.717, 1.165) is 17.3 Å². The second kappa shape index (κ2) is 2.93. The van der Waals surface area contributed by atoms with Crippen LogP contribution in [0.3, 0.4) is 0 Å². The highest BCUT2D eigenvalue weighted by Crippen LogP contribution is 2.16. The lowest BCUT2D eigenvalue weighted by atomic mass is 10.2. The van der Waals surface area contributed by atoms with E-state index in [0.29, 0.717) is 0 Å². The molecule has 0 fully saturated rings. The van der Waals surface area contributed by atoms with Crippen molar-refractivity contribution in [3.05, 3.63) is 35.5 Å². The van der Waals surface area contributed by atoms with Gasteiger partial charge in [0.05, 0.1) is 0 Å². The van der Waals surface area contributed by atoms with Gasteiger partial charge in [-0.3, -0.25) is 0 Å². The molecule has 0 saturated carbocycles. The molecule has 10 heavy (non-hydrogen) atoms. The Bertz CT molecular complexity index is 203. The standard InChI is InChI=1S/C8H10ClN/c1-3-7-4-5-10(2)8(9)6-7/h3-4,6H,1,5H2,2H3. The Morgan fingerprint density at radius 2 is 2.50 bits per heavy atom. The van der Waals surface area contributed by atoms with Gasteiger partial charge in [-0.2, -0.15) is 0 Å². The van der Waals surface area contributed by atoms with Crippen molar-refractivity contribution in [2.45, 2.75) is 0 Å². The van der Waals surface area contributed by atoms with Crippen LogP contribution in [-0.4, -0.2) is 18.5 Å². The van der Waals surface area contributed by atoms with E-state index in [1.165, 1.54) is 0 Å². The van der Waals surface area contributed by atoms with E-state index in [1.54, 1.807) is 6.08 Å². The van der Waals surface area contributed by atoms with Crippen molar-refractivity contribution in [3.8, 4) is 0 Å². The number of allylic oxidation sites excluding steroid dienone is 3. The van der Waals surface area contributed by atoms with Crippen molar-refractivity contribution >= 4 is 11.6 Å². The van der Waals surface area contributed by atoms with Crippen molar-refractivity contribution in [1.82, 2.24) is 4.90 Å². The summed E-state index contributed by atoms with van der Waals surface area (Å²) in [4.78, 5) is 1.97. The Labute approximate surface area is 66.3 Å². The highest BCUT2D eigenvalue weighted by Gasteiger charge is 2.04. The number of hydrogen-bond acceptors (Lipinski definition) is 1. The minimum absolute atomic E-state index is 0.775. The first kappa shape index (κ1) is 7.42. The van der Waals surface area contributed by atoms with Crippen LogP contribution >= 0.6 is 11.6 Å². The predicted molar refractivity (Wildman–Crippen MR) is 44.8 cm³/mol. The third-order valence-corrected chi connectivity index (χ3v) is 1.88. The summed E-state index contributed by atoms with van der Waals surface area (Å²) in [5.41, 5.74) is 1.10. The van der Waals surface area contributed by atoms with Gasteiger partial charge in [-0.25, -0.2) is 0 Å². The fourth-order valence-corrected chi connectivity index (χ4v) is 0.973. The molecule has 1 nitrogen and oxygen atoms in total. The molecule has 54 valence electrons. The molecule has 0 amide bonds. The van der Waals surface area contributed by atoms with Crippen LogP contribution < -0.4 is 0 Å². The van der Waals surface area contributed by atoms with E-state index >= 15 is 0 Å². The van der Waals surface area contributed by atoms with Crippen molar-refractivity contribution in [2.24, 2.45) is 0 Å². The zero-order valence-corrected chi connectivity index (χ0v) is 6.73. The lowest BCUT2D eigenvalue weighted by molar-refractivity contribution is 0.488. The number of rotatable bonds is 1. The van der Waals surface area contributed by atoms with Gasteiger partial charge in [0.25, 0.3) is 0 Å². The van der Waals surface area contributed by atoms with Crippen molar-refractivity contribution in [3.63, 3.8) is 0 Å². The fourth-order valence-electron chi connectivity index (χ4n) is 0.778. The fraction of sp³-hybridized carbons (Fsp3) is 0.250. The molecule has 0 N–H and O–H groups in total. The van der Waals surface area contributed by atoms with Gasteiger partial charge in [-0.1, -0.05) is 30.3 Å². The highest BCUT2D eigenvalue weighted by molar-refractivity contribution is 6.29. The molecule has 0 spiro atoms. The summed E-state index contributed by atoms with van der Waals surface area (Å²) in [5, 5.41) is 0.775. The van der Waals surface area contributed by atoms with Gasteiger partial charge in [-0.15, -0.1) is 0 Å². The second-order valence-corrected chi connectivity index (χ2v) is 2.64. The molecule has 0 unspecified atom stereocenters. The molecule has 2 heteroatoms. The third-order valence-electron chi connectivity index (χ3n) is 1.49. The molecule has 0 aromatic heterocycles. The van der Waals surface area contributed by atoms with E-state index in [4.69, 9.17) is 11.6 Å². The van der Waals surface area contributed by atoms with Gasteiger partial charge in [0, 0.05) is 13.6 Å². The molecule has 0 saturated heterocycles. The predicted octanol–water partition coefficient (Wildman–Crippen LogP) is 2.12. The first-order valence-electron chi connectivity index (χ1n) is 3.15. The molecule has 1 heterocycles. The van der Waals surface area contributed by atoms with Crippen LogP contribution in [0.4, 0.5) is 0 Å². The zero-order valence-electron chi connectivity index (χ0n) is 5.97. The second-order valence-electron chi connectivity index (χ2n) is 2.26. The minimum Gasteiger partial charge on any atom is -0.362 e. The molecule has 0 atom stereocenters. The Morgan fingerprint density at radius 3 is 3.00 bits per heavy atom. The largest absolute Gasteiger partial charge is 0.362 e. The Kier molecular flexibility index (Phi) is 2.17. The summed E-state index contributed by atoms with van der Waals surface area (Å²) in [5.74, 6) is 0. The minimum atomic E-state index is 0.775. The zero-order chi connectivity index (χ0) is 7.56. The summed E-state index contributed by atoms with van der Waals surface area (Å²) < 4.78 is 0. The van der Waals surface area contributed by atoms with Crippen molar-refractivity contribution in [1.29, 1.82) is 0 Å². The highest BCUT2D eigenvalue weighted by atomic mass is 35.5. The molecular weight excluding hydrogens is 146 g/mol. The lowest BCUT2D eigenvalue weighted by Gasteiger charge is -2.19. The monoisotopic (exact) mass is 155 g/mol. The summed E-state index contributed by atoms with van der Waals surface area (Å²) in [7, 11) is 1.95. The molecular formula is C8H10ClN. The van der Waals surface area contributed by atoms with Gasteiger partial charge in [0.2, 0.25) is 0 Å². The maximum absolute atomic E-state index is 5.84. The smallest absolute Gasteiger partial charge is 0.105 e. The molecule has 0 aromatic rings. The topological polar surface area (TPSA) is 3.24 Å². The number of halogens is 1. The maximum atomic E-state index is 5.84. The van der Waals surface area contributed by atoms with Crippen molar-refractivity contribution < 1.29 is 0 Å².